The second-order valence-corrected chi connectivity index (χ2v) is 8.46. The average molecular weight is 350 g/mol. The molecular weight excluding hydrogens is 324 g/mol. The molecule has 4 aliphatic rings. The number of hydrogen-bond donors (Lipinski definition) is 2. The molecule has 0 radical (unpaired) electrons. The summed E-state index contributed by atoms with van der Waals surface area (Å²) in [6.45, 7) is 6.87. The monoisotopic (exact) mass is 350 g/mol. The summed E-state index contributed by atoms with van der Waals surface area (Å²) in [5, 5.41) is 8.34. The van der Waals surface area contributed by atoms with Crippen LogP contribution in [0.1, 0.15) is 63.5 Å². The minimum absolute atomic E-state index is 0.212. The fourth-order valence-electron chi connectivity index (χ4n) is 5.14. The predicted molar refractivity (Wildman–Crippen MR) is 105 cm³/mol. The van der Waals surface area contributed by atoms with E-state index in [4.69, 9.17) is 0 Å². The smallest absolute Gasteiger partial charge is 0.237 e. The molecule has 1 saturated carbocycles. The van der Waals surface area contributed by atoms with Gasteiger partial charge >= 0.3 is 0 Å². The molecule has 0 saturated heterocycles. The molecule has 2 atom stereocenters. The van der Waals surface area contributed by atoms with Gasteiger partial charge in [0.15, 0.2) is 0 Å². The number of fused-ring (bicyclic) bond motifs is 7. The van der Waals surface area contributed by atoms with Crippen LogP contribution in [-0.4, -0.2) is 24.2 Å². The first-order valence-corrected chi connectivity index (χ1v) is 9.77. The number of hydrazone groups is 1. The lowest BCUT2D eigenvalue weighted by molar-refractivity contribution is -0.122. The SMILES string of the molecule is CCN1C(=O)C(C)(C)c2cc3c(cc21)C1CCCC2=CNN=C(C2)C1N3. The molecule has 26 heavy (non-hydrogen) atoms. The number of nitrogens with one attached hydrogen (secondary N) is 2. The van der Waals surface area contributed by atoms with Crippen LogP contribution in [0.4, 0.5) is 11.4 Å². The molecule has 1 amide bonds. The average Bonchev–Trinajstić information content (AvgIpc) is 3.06. The number of amides is 1. The molecule has 5 rings (SSSR count). The Morgan fingerprint density at radius 1 is 1.35 bits per heavy atom. The van der Waals surface area contributed by atoms with E-state index < -0.39 is 5.41 Å². The van der Waals surface area contributed by atoms with Crippen molar-refractivity contribution in [1.82, 2.24) is 5.43 Å². The Balaban J connectivity index is 1.60. The summed E-state index contributed by atoms with van der Waals surface area (Å²) in [6, 6.07) is 4.78. The van der Waals surface area contributed by atoms with Gasteiger partial charge in [0.05, 0.1) is 17.2 Å². The fourth-order valence-corrected chi connectivity index (χ4v) is 5.14. The highest BCUT2D eigenvalue weighted by Gasteiger charge is 2.46. The number of benzene rings is 1. The van der Waals surface area contributed by atoms with E-state index in [0.29, 0.717) is 5.92 Å². The fraction of sp³-hybridized carbons (Fsp3) is 0.524. The van der Waals surface area contributed by atoms with Crippen molar-refractivity contribution in [2.75, 3.05) is 16.8 Å². The molecular formula is C21H26N4O. The van der Waals surface area contributed by atoms with Crippen LogP contribution in [0.5, 0.6) is 0 Å². The highest BCUT2D eigenvalue weighted by atomic mass is 16.2. The maximum Gasteiger partial charge on any atom is 0.237 e. The second kappa shape index (κ2) is 5.35. The molecule has 136 valence electrons. The van der Waals surface area contributed by atoms with Crippen molar-refractivity contribution in [3.8, 4) is 0 Å². The Morgan fingerprint density at radius 3 is 3.00 bits per heavy atom. The van der Waals surface area contributed by atoms with Gasteiger partial charge in [-0.3, -0.25) is 10.2 Å². The van der Waals surface area contributed by atoms with Gasteiger partial charge in [-0.2, -0.15) is 5.10 Å². The normalized spacial score (nSPS) is 28.0. The van der Waals surface area contributed by atoms with Crippen molar-refractivity contribution in [3.63, 3.8) is 0 Å². The van der Waals surface area contributed by atoms with Crippen molar-refractivity contribution < 1.29 is 4.79 Å². The third-order valence-electron chi connectivity index (χ3n) is 6.60. The molecule has 5 nitrogen and oxygen atoms in total. The minimum atomic E-state index is -0.455. The molecule has 3 heterocycles. The maximum absolute atomic E-state index is 12.8. The summed E-state index contributed by atoms with van der Waals surface area (Å²) < 4.78 is 0. The summed E-state index contributed by atoms with van der Waals surface area (Å²) in [5.41, 5.74) is 10.1. The van der Waals surface area contributed by atoms with Crippen LogP contribution in [0.2, 0.25) is 0 Å². The standard InChI is InChI=1S/C21H26N4O/c1-4-25-18-9-14-13-7-5-6-12-8-17(24-22-11-12)19(13)23-16(14)10-15(18)21(2,3)20(25)26/h9-11,13,19,22-23H,4-8H2,1-3H3. The van der Waals surface area contributed by atoms with Gasteiger partial charge in [0.1, 0.15) is 0 Å². The van der Waals surface area contributed by atoms with Crippen LogP contribution < -0.4 is 15.6 Å². The van der Waals surface area contributed by atoms with E-state index in [9.17, 15) is 4.79 Å². The highest BCUT2D eigenvalue weighted by Crippen LogP contribution is 2.50. The van der Waals surface area contributed by atoms with E-state index in [1.54, 1.807) is 0 Å². The van der Waals surface area contributed by atoms with Crippen molar-refractivity contribution in [1.29, 1.82) is 0 Å². The van der Waals surface area contributed by atoms with E-state index in [1.807, 2.05) is 18.7 Å². The zero-order valence-electron chi connectivity index (χ0n) is 15.7. The van der Waals surface area contributed by atoms with E-state index in [0.717, 1.165) is 37.1 Å². The van der Waals surface area contributed by atoms with Gasteiger partial charge in [-0.1, -0.05) is 0 Å². The molecule has 2 unspecified atom stereocenters. The van der Waals surface area contributed by atoms with Crippen molar-refractivity contribution in [2.45, 2.75) is 63.8 Å². The van der Waals surface area contributed by atoms with E-state index in [-0.39, 0.29) is 11.9 Å². The number of rotatable bonds is 1. The molecule has 5 heteroatoms. The number of carbonyl (C=O) groups is 1. The van der Waals surface area contributed by atoms with Gasteiger partial charge in [-0.25, -0.2) is 0 Å². The van der Waals surface area contributed by atoms with Crippen LogP contribution >= 0.6 is 0 Å². The van der Waals surface area contributed by atoms with Gasteiger partial charge in [0.2, 0.25) is 5.91 Å². The topological polar surface area (TPSA) is 56.7 Å². The van der Waals surface area contributed by atoms with Gasteiger partial charge in [-0.05, 0) is 68.9 Å². The summed E-state index contributed by atoms with van der Waals surface area (Å²) in [5.74, 6) is 0.650. The summed E-state index contributed by atoms with van der Waals surface area (Å²) in [6.07, 6.45) is 6.53. The third-order valence-corrected chi connectivity index (χ3v) is 6.60. The maximum atomic E-state index is 12.8. The molecule has 1 fully saturated rings. The van der Waals surface area contributed by atoms with Crippen LogP contribution in [0.25, 0.3) is 0 Å². The number of allylic oxidation sites excluding steroid dienone is 1. The Hall–Kier alpha value is -2.30. The molecule has 1 aromatic carbocycles. The number of hydrogen-bond acceptors (Lipinski definition) is 4. The molecule has 0 spiro atoms. The van der Waals surface area contributed by atoms with Crippen molar-refractivity contribution in [2.24, 2.45) is 5.10 Å². The Kier molecular flexibility index (Phi) is 3.27. The van der Waals surface area contributed by atoms with Crippen LogP contribution in [-0.2, 0) is 10.2 Å². The number of likely N-dealkylation sites (N-methyl/N-ethyl adjacent to an activating group) is 1. The van der Waals surface area contributed by atoms with Crippen molar-refractivity contribution >= 4 is 23.0 Å². The summed E-state index contributed by atoms with van der Waals surface area (Å²) >= 11 is 0. The molecule has 0 aromatic heterocycles. The minimum Gasteiger partial charge on any atom is -0.376 e. The summed E-state index contributed by atoms with van der Waals surface area (Å²) in [4.78, 5) is 14.8. The van der Waals surface area contributed by atoms with Crippen LogP contribution in [0, 0.1) is 0 Å². The lowest BCUT2D eigenvalue weighted by atomic mass is 9.80. The number of carbonyl (C=O) groups excluding carboxylic acids is 1. The van der Waals surface area contributed by atoms with E-state index >= 15 is 0 Å². The van der Waals surface area contributed by atoms with Crippen LogP contribution in [0.3, 0.4) is 0 Å². The molecule has 3 aliphatic heterocycles. The first-order chi connectivity index (χ1) is 12.5. The number of anilines is 2. The quantitative estimate of drug-likeness (QED) is 0.813. The Labute approximate surface area is 154 Å². The molecule has 2 N–H and O–H groups in total. The van der Waals surface area contributed by atoms with Crippen LogP contribution in [0.15, 0.2) is 29.0 Å². The van der Waals surface area contributed by atoms with E-state index in [1.165, 1.54) is 29.0 Å². The Morgan fingerprint density at radius 2 is 2.19 bits per heavy atom. The highest BCUT2D eigenvalue weighted by molar-refractivity contribution is 6.08. The third kappa shape index (κ3) is 2.03. The number of nitrogens with zero attached hydrogens (tertiary/aromatic N) is 2. The zero-order valence-corrected chi connectivity index (χ0v) is 15.7. The zero-order chi connectivity index (χ0) is 18.1. The van der Waals surface area contributed by atoms with Gasteiger partial charge in [0.25, 0.3) is 0 Å². The van der Waals surface area contributed by atoms with Gasteiger partial charge in [-0.15, -0.1) is 0 Å². The summed E-state index contributed by atoms with van der Waals surface area (Å²) in [7, 11) is 0. The first-order valence-electron chi connectivity index (χ1n) is 9.77. The molecule has 1 aromatic rings. The Bertz CT molecular complexity index is 867. The lowest BCUT2D eigenvalue weighted by Gasteiger charge is -2.28. The van der Waals surface area contributed by atoms with E-state index in [2.05, 4.69) is 41.1 Å². The lowest BCUT2D eigenvalue weighted by Crippen LogP contribution is -2.36. The first kappa shape index (κ1) is 15.9. The second-order valence-electron chi connectivity index (χ2n) is 8.46. The predicted octanol–water partition coefficient (Wildman–Crippen LogP) is 3.63. The molecule has 1 aliphatic carbocycles. The van der Waals surface area contributed by atoms with Crippen molar-refractivity contribution in [3.05, 3.63) is 35.0 Å². The van der Waals surface area contributed by atoms with Gasteiger partial charge in [0, 0.05) is 36.5 Å². The van der Waals surface area contributed by atoms with Gasteiger partial charge < -0.3 is 10.2 Å². The largest absolute Gasteiger partial charge is 0.376 e. The molecule has 2 bridgehead atoms.